The summed E-state index contributed by atoms with van der Waals surface area (Å²) in [6, 6.07) is 15.1. The fourth-order valence-corrected chi connectivity index (χ4v) is 6.98. The van der Waals surface area contributed by atoms with E-state index in [0.717, 1.165) is 46.5 Å². The number of alkyl halides is 2. The molecule has 2 aromatic heterocycles. The molecule has 4 bridgehead atoms. The molecule has 2 fully saturated rings. The lowest BCUT2D eigenvalue weighted by Gasteiger charge is -2.33. The summed E-state index contributed by atoms with van der Waals surface area (Å²) < 4.78 is 37.4. The topological polar surface area (TPSA) is 96.4 Å². The highest BCUT2D eigenvalue weighted by atomic mass is 32.2. The van der Waals surface area contributed by atoms with Gasteiger partial charge >= 0.3 is 0 Å². The van der Waals surface area contributed by atoms with E-state index in [1.54, 1.807) is 22.2 Å². The lowest BCUT2D eigenvalue weighted by molar-refractivity contribution is 0.0257. The molecule has 0 radical (unpaired) electrons. The van der Waals surface area contributed by atoms with Crippen LogP contribution in [0, 0.1) is 19.3 Å². The number of nitrogens with one attached hydrogen (secondary N) is 1. The number of carbonyl (C=O) groups excluding carboxylic acids is 1. The van der Waals surface area contributed by atoms with Crippen LogP contribution in [0.4, 0.5) is 20.4 Å². The number of fused-ring (bicyclic) bond motifs is 4. The van der Waals surface area contributed by atoms with Crippen LogP contribution in [0.25, 0.3) is 11.3 Å². The summed E-state index contributed by atoms with van der Waals surface area (Å²) in [5.41, 5.74) is 5.13. The Hall–Kier alpha value is -4.32. The molecule has 1 saturated carbocycles. The molecule has 4 aromatic rings. The van der Waals surface area contributed by atoms with Crippen LogP contribution in [0.3, 0.4) is 0 Å². The zero-order valence-corrected chi connectivity index (χ0v) is 27.5. The maximum atomic E-state index is 14.3. The van der Waals surface area contributed by atoms with Gasteiger partial charge < -0.3 is 14.5 Å². The second-order valence-corrected chi connectivity index (χ2v) is 14.1. The molecule has 0 spiro atoms. The maximum absolute atomic E-state index is 14.3. The lowest BCUT2D eigenvalue weighted by Crippen LogP contribution is -2.45. The molecule has 0 unspecified atom stereocenters. The van der Waals surface area contributed by atoms with E-state index >= 15 is 0 Å². The highest BCUT2D eigenvalue weighted by Crippen LogP contribution is 2.49. The molecule has 1 amide bonds. The fourth-order valence-electron chi connectivity index (χ4n) is 6.35. The summed E-state index contributed by atoms with van der Waals surface area (Å²) >= 11 is 1.32. The summed E-state index contributed by atoms with van der Waals surface area (Å²) in [5.74, 6) is -1.63. The van der Waals surface area contributed by atoms with E-state index in [1.165, 1.54) is 11.9 Å². The highest BCUT2D eigenvalue weighted by Gasteiger charge is 2.42. The van der Waals surface area contributed by atoms with E-state index in [0.29, 0.717) is 28.9 Å². The summed E-state index contributed by atoms with van der Waals surface area (Å²) in [6.45, 7) is 6.60. The molecule has 1 saturated heterocycles. The van der Waals surface area contributed by atoms with Crippen molar-refractivity contribution in [1.29, 1.82) is 0 Å². The number of hydrogen-bond donors (Lipinski definition) is 1. The van der Waals surface area contributed by atoms with Gasteiger partial charge in [0.25, 0.3) is 11.8 Å². The van der Waals surface area contributed by atoms with E-state index in [2.05, 4.69) is 47.6 Å². The molecule has 4 heterocycles. The minimum atomic E-state index is -2.72. The minimum absolute atomic E-state index is 0.0890. The average Bonchev–Trinajstić information content (AvgIpc) is 3.67. The minimum Gasteiger partial charge on any atom is -0.475 e. The van der Waals surface area contributed by atoms with Gasteiger partial charge in [-0.1, -0.05) is 31.2 Å². The Morgan fingerprint density at radius 1 is 1.02 bits per heavy atom. The first-order chi connectivity index (χ1) is 22.5. The van der Waals surface area contributed by atoms with Crippen molar-refractivity contribution in [3.63, 3.8) is 0 Å². The largest absolute Gasteiger partial charge is 0.475 e. The molecule has 9 nitrogen and oxygen atoms in total. The van der Waals surface area contributed by atoms with E-state index < -0.39 is 5.92 Å². The van der Waals surface area contributed by atoms with Crippen LogP contribution in [0.15, 0.2) is 65.8 Å². The van der Waals surface area contributed by atoms with Crippen molar-refractivity contribution in [2.75, 3.05) is 29.3 Å². The smallest absolute Gasteiger partial charge is 0.266 e. The second kappa shape index (κ2) is 12.4. The molecular weight excluding hydrogens is 620 g/mol. The number of aromatic nitrogens is 4. The third-order valence-corrected chi connectivity index (χ3v) is 10.1. The normalized spacial score (nSPS) is 20.0. The van der Waals surface area contributed by atoms with Gasteiger partial charge in [0, 0.05) is 35.1 Å². The van der Waals surface area contributed by atoms with Gasteiger partial charge in [-0.05, 0) is 79.8 Å². The van der Waals surface area contributed by atoms with E-state index in [4.69, 9.17) is 14.7 Å². The molecule has 1 N–H and O–H groups in total. The molecule has 2 aliphatic heterocycles. The third-order valence-electron chi connectivity index (χ3n) is 9.28. The lowest BCUT2D eigenvalue weighted by atomic mass is 9.97. The standard InChI is InChI=1S/C35H37F2N7O2S/c1-22-6-4-7-23(2)31(22)28-15-30-41-33(40-28)42-47-27-9-5-8-24(14-27)32(45)44(25(20-46-30)16-34(3)10-11-34)19-29-38-17-26(18-39-29)43-13-12-35(36,37)21-43/h4-9,14-15,17-18,25H,10-13,16,19-21H2,1-3H3,(H,40,41,42)/t25-/m1/s1. The van der Waals surface area contributed by atoms with E-state index in [-0.39, 0.29) is 50.0 Å². The zero-order chi connectivity index (χ0) is 32.8. The van der Waals surface area contributed by atoms with Gasteiger partial charge in [0.1, 0.15) is 12.4 Å². The predicted octanol–water partition coefficient (Wildman–Crippen LogP) is 7.11. The number of amides is 1. The number of benzene rings is 2. The SMILES string of the molecule is Cc1cccc(C)c1-c1cc2nc(n1)NSc1cccc(c1)C(=O)N(Cc1ncc(N3CCC(F)(F)C3)cn1)[C@H](CC1(C)CC1)CO2. The predicted molar refractivity (Wildman–Crippen MR) is 178 cm³/mol. The van der Waals surface area contributed by atoms with Crippen molar-refractivity contribution in [3.8, 4) is 17.1 Å². The van der Waals surface area contributed by atoms with Gasteiger partial charge in [-0.15, -0.1) is 0 Å². The second-order valence-electron chi connectivity index (χ2n) is 13.2. The Morgan fingerprint density at radius 2 is 1.77 bits per heavy atom. The third kappa shape index (κ3) is 7.02. The Balaban J connectivity index is 1.24. The van der Waals surface area contributed by atoms with Crippen LogP contribution in [0.1, 0.15) is 59.9 Å². The molecule has 1 aliphatic carbocycles. The van der Waals surface area contributed by atoms with Crippen molar-refractivity contribution in [2.24, 2.45) is 5.41 Å². The Bertz CT molecular complexity index is 1780. The van der Waals surface area contributed by atoms with Gasteiger partial charge in [-0.25, -0.2) is 23.7 Å². The maximum Gasteiger partial charge on any atom is 0.266 e. The monoisotopic (exact) mass is 657 g/mol. The van der Waals surface area contributed by atoms with Crippen LogP contribution in [-0.2, 0) is 6.54 Å². The Labute approximate surface area is 277 Å². The summed E-state index contributed by atoms with van der Waals surface area (Å²) in [6.07, 6.45) is 5.83. The fraction of sp³-hybridized carbons (Fsp3) is 0.400. The van der Waals surface area contributed by atoms with Crippen molar-refractivity contribution in [1.82, 2.24) is 24.8 Å². The van der Waals surface area contributed by atoms with E-state index in [9.17, 15) is 13.6 Å². The van der Waals surface area contributed by atoms with E-state index in [1.807, 2.05) is 36.4 Å². The van der Waals surface area contributed by atoms with Crippen LogP contribution in [0.5, 0.6) is 5.88 Å². The molecule has 12 heteroatoms. The van der Waals surface area contributed by atoms with Gasteiger partial charge in [0.2, 0.25) is 11.8 Å². The molecule has 3 aliphatic rings. The number of aryl methyl sites for hydroxylation is 2. The summed E-state index contributed by atoms with van der Waals surface area (Å²) in [4.78, 5) is 37.2. The number of anilines is 2. The average molecular weight is 658 g/mol. The summed E-state index contributed by atoms with van der Waals surface area (Å²) in [5, 5.41) is 0. The summed E-state index contributed by atoms with van der Waals surface area (Å²) in [7, 11) is 0. The molecule has 244 valence electrons. The number of hydrogen-bond acceptors (Lipinski definition) is 9. The first kappa shape index (κ1) is 31.3. The molecular formula is C35H37F2N7O2S. The molecule has 7 rings (SSSR count). The van der Waals surface area contributed by atoms with Crippen molar-refractivity contribution in [3.05, 3.63) is 83.4 Å². The molecule has 1 atom stereocenters. The number of ether oxygens (including phenoxy) is 1. The number of rotatable bonds is 6. The van der Waals surface area contributed by atoms with Crippen LogP contribution in [0.2, 0.25) is 0 Å². The Kier molecular flexibility index (Phi) is 8.23. The highest BCUT2D eigenvalue weighted by molar-refractivity contribution is 8.00. The first-order valence-corrected chi connectivity index (χ1v) is 16.7. The van der Waals surface area contributed by atoms with Crippen LogP contribution >= 0.6 is 11.9 Å². The van der Waals surface area contributed by atoms with Gasteiger partial charge in [-0.3, -0.25) is 9.52 Å². The van der Waals surface area contributed by atoms with Crippen molar-refractivity contribution in [2.45, 2.75) is 69.9 Å². The van der Waals surface area contributed by atoms with Crippen molar-refractivity contribution < 1.29 is 18.3 Å². The number of nitrogens with zero attached hydrogens (tertiary/aromatic N) is 6. The van der Waals surface area contributed by atoms with Gasteiger partial charge in [0.15, 0.2) is 0 Å². The van der Waals surface area contributed by atoms with Crippen LogP contribution in [-0.4, -0.2) is 62.4 Å². The zero-order valence-electron chi connectivity index (χ0n) is 26.7. The first-order valence-electron chi connectivity index (χ1n) is 15.9. The molecule has 47 heavy (non-hydrogen) atoms. The van der Waals surface area contributed by atoms with Crippen molar-refractivity contribution >= 4 is 29.5 Å². The van der Waals surface area contributed by atoms with Gasteiger partial charge in [0.05, 0.1) is 42.9 Å². The van der Waals surface area contributed by atoms with Crippen LogP contribution < -0.4 is 14.4 Å². The molecule has 2 aromatic carbocycles. The van der Waals surface area contributed by atoms with Gasteiger partial charge in [-0.2, -0.15) is 4.98 Å². The quantitative estimate of drug-likeness (QED) is 0.218. The number of halogens is 2. The number of carbonyl (C=O) groups is 1. The Morgan fingerprint density at radius 3 is 2.47 bits per heavy atom.